The van der Waals surface area contributed by atoms with E-state index in [1.54, 1.807) is 0 Å². The predicted molar refractivity (Wildman–Crippen MR) is 59.7 cm³/mol. The molecule has 2 unspecified atom stereocenters. The molecule has 2 aliphatic rings. The highest BCUT2D eigenvalue weighted by Gasteiger charge is 2.33. The van der Waals surface area contributed by atoms with Crippen molar-refractivity contribution in [3.8, 4) is 0 Å². The molecule has 0 aromatic carbocycles. The van der Waals surface area contributed by atoms with Gasteiger partial charge < -0.3 is 15.1 Å². The summed E-state index contributed by atoms with van der Waals surface area (Å²) >= 11 is 0. The molecule has 15 heavy (non-hydrogen) atoms. The van der Waals surface area contributed by atoms with Crippen LogP contribution < -0.4 is 5.32 Å². The lowest BCUT2D eigenvalue weighted by atomic mass is 10.1. The maximum absolute atomic E-state index is 12.0. The first-order valence-corrected chi connectivity index (χ1v) is 5.98. The van der Waals surface area contributed by atoms with E-state index in [4.69, 9.17) is 0 Å². The molecule has 2 rings (SSSR count). The van der Waals surface area contributed by atoms with Gasteiger partial charge in [-0.15, -0.1) is 0 Å². The molecular formula is C11H21N3O. The minimum absolute atomic E-state index is 0.00873. The number of piperazine rings is 1. The van der Waals surface area contributed by atoms with Crippen molar-refractivity contribution in [1.29, 1.82) is 0 Å². The summed E-state index contributed by atoms with van der Waals surface area (Å²) in [6.45, 7) is 9.28. The lowest BCUT2D eigenvalue weighted by molar-refractivity contribution is -0.137. The molecule has 0 saturated carbocycles. The molecule has 2 atom stereocenters. The topological polar surface area (TPSA) is 35.6 Å². The monoisotopic (exact) mass is 211 g/mol. The Hall–Kier alpha value is -0.610. The Morgan fingerprint density at radius 3 is 2.93 bits per heavy atom. The van der Waals surface area contributed by atoms with Gasteiger partial charge in [0.05, 0.1) is 6.04 Å². The van der Waals surface area contributed by atoms with Crippen molar-refractivity contribution < 1.29 is 4.79 Å². The van der Waals surface area contributed by atoms with E-state index in [1.807, 2.05) is 6.92 Å². The smallest absolute Gasteiger partial charge is 0.239 e. The number of carbonyl (C=O) groups excluding carboxylic acids is 1. The number of likely N-dealkylation sites (N-methyl/N-ethyl adjacent to an activating group) is 1. The maximum atomic E-state index is 12.0. The van der Waals surface area contributed by atoms with Crippen molar-refractivity contribution in [2.24, 2.45) is 0 Å². The van der Waals surface area contributed by atoms with Crippen molar-refractivity contribution in [1.82, 2.24) is 15.1 Å². The van der Waals surface area contributed by atoms with Crippen LogP contribution in [0.1, 0.15) is 20.3 Å². The zero-order chi connectivity index (χ0) is 10.8. The minimum Gasteiger partial charge on any atom is -0.336 e. The zero-order valence-corrected chi connectivity index (χ0v) is 9.70. The summed E-state index contributed by atoms with van der Waals surface area (Å²) in [5.74, 6) is 0.282. The second kappa shape index (κ2) is 4.49. The molecule has 2 fully saturated rings. The third kappa shape index (κ3) is 2.16. The van der Waals surface area contributed by atoms with E-state index in [2.05, 4.69) is 22.0 Å². The Labute approximate surface area is 91.6 Å². The summed E-state index contributed by atoms with van der Waals surface area (Å²) in [6.07, 6.45) is 1.15. The van der Waals surface area contributed by atoms with Crippen LogP contribution in [0.4, 0.5) is 0 Å². The largest absolute Gasteiger partial charge is 0.336 e. The van der Waals surface area contributed by atoms with Gasteiger partial charge >= 0.3 is 0 Å². The first kappa shape index (κ1) is 10.9. The predicted octanol–water partition coefficient (Wildman–Crippen LogP) is -0.0991. The van der Waals surface area contributed by atoms with Gasteiger partial charge in [-0.1, -0.05) is 6.92 Å². The number of nitrogens with one attached hydrogen (secondary N) is 1. The van der Waals surface area contributed by atoms with Gasteiger partial charge in [-0.3, -0.25) is 4.79 Å². The molecular weight excluding hydrogens is 190 g/mol. The molecule has 4 heteroatoms. The second-order valence-electron chi connectivity index (χ2n) is 4.54. The average Bonchev–Trinajstić information content (AvgIpc) is 2.70. The molecule has 1 N–H and O–H groups in total. The van der Waals surface area contributed by atoms with Crippen LogP contribution >= 0.6 is 0 Å². The molecule has 0 spiro atoms. The summed E-state index contributed by atoms with van der Waals surface area (Å²) in [5, 5.41) is 3.21. The lowest BCUT2D eigenvalue weighted by Crippen LogP contribution is -2.57. The van der Waals surface area contributed by atoms with Crippen LogP contribution in [0.2, 0.25) is 0 Å². The molecule has 0 aromatic rings. The lowest BCUT2D eigenvalue weighted by Gasteiger charge is -2.36. The summed E-state index contributed by atoms with van der Waals surface area (Å²) < 4.78 is 0. The van der Waals surface area contributed by atoms with Gasteiger partial charge in [0.25, 0.3) is 0 Å². The minimum atomic E-state index is 0.00873. The Bertz CT molecular complexity index is 244. The van der Waals surface area contributed by atoms with Crippen LogP contribution in [0.25, 0.3) is 0 Å². The number of hydrogen-bond donors (Lipinski definition) is 1. The number of likely N-dealkylation sites (tertiary alicyclic amines) is 1. The SMILES string of the molecule is CCN1CCC(N2CCNC(C)C2=O)C1. The van der Waals surface area contributed by atoms with Gasteiger partial charge in [-0.25, -0.2) is 0 Å². The summed E-state index contributed by atoms with van der Waals surface area (Å²) in [5.41, 5.74) is 0. The van der Waals surface area contributed by atoms with Gasteiger partial charge in [-0.05, 0) is 19.9 Å². The van der Waals surface area contributed by atoms with Crippen molar-refractivity contribution in [2.75, 3.05) is 32.7 Å². The van der Waals surface area contributed by atoms with Crippen LogP contribution in [0.5, 0.6) is 0 Å². The highest BCUT2D eigenvalue weighted by molar-refractivity contribution is 5.82. The van der Waals surface area contributed by atoms with Gasteiger partial charge in [0.15, 0.2) is 0 Å². The molecule has 2 heterocycles. The second-order valence-corrected chi connectivity index (χ2v) is 4.54. The summed E-state index contributed by atoms with van der Waals surface area (Å²) in [6, 6.07) is 0.469. The van der Waals surface area contributed by atoms with E-state index >= 15 is 0 Å². The number of carbonyl (C=O) groups is 1. The number of rotatable bonds is 2. The highest BCUT2D eigenvalue weighted by Crippen LogP contribution is 2.17. The maximum Gasteiger partial charge on any atom is 0.239 e. The van der Waals surface area contributed by atoms with Crippen LogP contribution in [0.15, 0.2) is 0 Å². The van der Waals surface area contributed by atoms with Crippen LogP contribution in [-0.4, -0.2) is 60.5 Å². The third-order valence-electron chi connectivity index (χ3n) is 3.59. The summed E-state index contributed by atoms with van der Waals surface area (Å²) in [7, 11) is 0. The first-order chi connectivity index (χ1) is 7.22. The molecule has 2 saturated heterocycles. The molecule has 86 valence electrons. The number of hydrogen-bond acceptors (Lipinski definition) is 3. The Morgan fingerprint density at radius 2 is 2.27 bits per heavy atom. The van der Waals surface area contributed by atoms with Crippen LogP contribution in [0.3, 0.4) is 0 Å². The fourth-order valence-corrected chi connectivity index (χ4v) is 2.56. The highest BCUT2D eigenvalue weighted by atomic mass is 16.2. The zero-order valence-electron chi connectivity index (χ0n) is 9.70. The molecule has 2 aliphatic heterocycles. The van der Waals surface area contributed by atoms with Crippen molar-refractivity contribution in [3.05, 3.63) is 0 Å². The van der Waals surface area contributed by atoms with Crippen molar-refractivity contribution >= 4 is 5.91 Å². The fraction of sp³-hybridized carbons (Fsp3) is 0.909. The van der Waals surface area contributed by atoms with Crippen LogP contribution in [0, 0.1) is 0 Å². The van der Waals surface area contributed by atoms with Crippen molar-refractivity contribution in [3.63, 3.8) is 0 Å². The fourth-order valence-electron chi connectivity index (χ4n) is 2.56. The summed E-state index contributed by atoms with van der Waals surface area (Å²) in [4.78, 5) is 16.5. The van der Waals surface area contributed by atoms with Gasteiger partial charge in [0, 0.05) is 32.2 Å². The van der Waals surface area contributed by atoms with E-state index in [-0.39, 0.29) is 11.9 Å². The van der Waals surface area contributed by atoms with E-state index in [1.165, 1.54) is 0 Å². The van der Waals surface area contributed by atoms with Gasteiger partial charge in [0.1, 0.15) is 0 Å². The van der Waals surface area contributed by atoms with E-state index < -0.39 is 0 Å². The molecule has 4 nitrogen and oxygen atoms in total. The van der Waals surface area contributed by atoms with E-state index in [0.29, 0.717) is 6.04 Å². The third-order valence-corrected chi connectivity index (χ3v) is 3.59. The standard InChI is InChI=1S/C11H21N3O/c1-3-13-6-4-10(8-13)14-7-5-12-9(2)11(14)15/h9-10,12H,3-8H2,1-2H3. The van der Waals surface area contributed by atoms with Gasteiger partial charge in [0.2, 0.25) is 5.91 Å². The average molecular weight is 211 g/mol. The Kier molecular flexibility index (Phi) is 3.26. The number of amides is 1. The van der Waals surface area contributed by atoms with Crippen LogP contribution in [-0.2, 0) is 4.79 Å². The molecule has 0 aliphatic carbocycles. The Morgan fingerprint density at radius 1 is 1.47 bits per heavy atom. The normalized spacial score (nSPS) is 33.7. The first-order valence-electron chi connectivity index (χ1n) is 5.98. The van der Waals surface area contributed by atoms with E-state index in [9.17, 15) is 4.79 Å². The van der Waals surface area contributed by atoms with Gasteiger partial charge in [-0.2, -0.15) is 0 Å². The molecule has 1 amide bonds. The van der Waals surface area contributed by atoms with E-state index in [0.717, 1.165) is 39.1 Å². The molecule has 0 radical (unpaired) electrons. The molecule has 0 bridgehead atoms. The number of nitrogens with zero attached hydrogens (tertiary/aromatic N) is 2. The van der Waals surface area contributed by atoms with Crippen molar-refractivity contribution in [2.45, 2.75) is 32.4 Å². The quantitative estimate of drug-likeness (QED) is 0.693. The Balaban J connectivity index is 1.95. The molecule has 0 aromatic heterocycles.